The van der Waals surface area contributed by atoms with Gasteiger partial charge in [-0.1, -0.05) is 0 Å². The van der Waals surface area contributed by atoms with Crippen molar-refractivity contribution in [1.82, 2.24) is 10.2 Å². The minimum Gasteiger partial charge on any atom is -0.465 e. The number of aryl methyl sites for hydroxylation is 2. The van der Waals surface area contributed by atoms with Crippen molar-refractivity contribution < 1.29 is 14.3 Å². The third kappa shape index (κ3) is 2.65. The number of nitrogens with zero attached hydrogens (tertiary/aromatic N) is 1. The second-order valence-corrected chi connectivity index (χ2v) is 4.88. The van der Waals surface area contributed by atoms with E-state index in [1.54, 1.807) is 18.4 Å². The fourth-order valence-electron chi connectivity index (χ4n) is 1.55. The Kier molecular flexibility index (Phi) is 3.66. The average molecular weight is 279 g/mol. The maximum absolute atomic E-state index is 12.0. The standard InChI is InChI=1S/C12H13N3O3S/c1-6-5-19-10(12(17)18-3)9(6)13-11(16)8-4-7(2)14-15-8/h4-5H,1-3H3,(H,13,16)(H,14,15). The highest BCUT2D eigenvalue weighted by Gasteiger charge is 2.20. The predicted molar refractivity (Wildman–Crippen MR) is 71.7 cm³/mol. The lowest BCUT2D eigenvalue weighted by molar-refractivity contribution is 0.0607. The van der Waals surface area contributed by atoms with Crippen molar-refractivity contribution >= 4 is 28.9 Å². The molecule has 0 spiro atoms. The lowest BCUT2D eigenvalue weighted by Crippen LogP contribution is -2.15. The smallest absolute Gasteiger partial charge is 0.350 e. The molecule has 0 aliphatic heterocycles. The summed E-state index contributed by atoms with van der Waals surface area (Å²) in [6.07, 6.45) is 0. The second-order valence-electron chi connectivity index (χ2n) is 4.00. The number of esters is 1. The van der Waals surface area contributed by atoms with Crippen molar-refractivity contribution in [2.24, 2.45) is 0 Å². The van der Waals surface area contributed by atoms with E-state index >= 15 is 0 Å². The van der Waals surface area contributed by atoms with Crippen LogP contribution in [0.15, 0.2) is 11.4 Å². The lowest BCUT2D eigenvalue weighted by atomic mass is 10.2. The van der Waals surface area contributed by atoms with E-state index in [0.29, 0.717) is 10.6 Å². The van der Waals surface area contributed by atoms with E-state index in [0.717, 1.165) is 11.3 Å². The van der Waals surface area contributed by atoms with Crippen LogP contribution < -0.4 is 5.32 Å². The average Bonchev–Trinajstić information content (AvgIpc) is 2.96. The molecule has 6 nitrogen and oxygen atoms in total. The molecule has 19 heavy (non-hydrogen) atoms. The van der Waals surface area contributed by atoms with Gasteiger partial charge in [-0.25, -0.2) is 4.79 Å². The zero-order chi connectivity index (χ0) is 14.0. The van der Waals surface area contributed by atoms with Crippen molar-refractivity contribution in [1.29, 1.82) is 0 Å². The molecule has 0 aliphatic carbocycles. The first-order chi connectivity index (χ1) is 9.02. The van der Waals surface area contributed by atoms with Gasteiger partial charge in [-0.05, 0) is 30.9 Å². The van der Waals surface area contributed by atoms with Gasteiger partial charge in [0.2, 0.25) is 0 Å². The van der Waals surface area contributed by atoms with E-state index in [1.165, 1.54) is 18.4 Å². The maximum atomic E-state index is 12.0. The fraction of sp³-hybridized carbons (Fsp3) is 0.250. The van der Waals surface area contributed by atoms with Crippen LogP contribution in [-0.4, -0.2) is 29.2 Å². The molecule has 100 valence electrons. The monoisotopic (exact) mass is 279 g/mol. The number of hydrogen-bond acceptors (Lipinski definition) is 5. The molecule has 2 rings (SSSR count). The first-order valence-corrected chi connectivity index (χ1v) is 6.40. The molecular formula is C12H13N3O3S. The van der Waals surface area contributed by atoms with Crippen LogP contribution in [0.1, 0.15) is 31.4 Å². The lowest BCUT2D eigenvalue weighted by Gasteiger charge is -2.05. The summed E-state index contributed by atoms with van der Waals surface area (Å²) in [5.74, 6) is -0.831. The summed E-state index contributed by atoms with van der Waals surface area (Å²) in [5, 5.41) is 11.0. The van der Waals surface area contributed by atoms with Gasteiger partial charge in [-0.2, -0.15) is 5.10 Å². The van der Waals surface area contributed by atoms with Gasteiger partial charge >= 0.3 is 5.97 Å². The molecule has 0 saturated carbocycles. The molecule has 1 amide bonds. The number of carbonyl (C=O) groups excluding carboxylic acids is 2. The van der Waals surface area contributed by atoms with Crippen molar-refractivity contribution in [3.63, 3.8) is 0 Å². The van der Waals surface area contributed by atoms with Crippen LogP contribution in [-0.2, 0) is 4.74 Å². The Morgan fingerprint density at radius 1 is 1.42 bits per heavy atom. The van der Waals surface area contributed by atoms with E-state index in [2.05, 4.69) is 20.3 Å². The van der Waals surface area contributed by atoms with Gasteiger partial charge in [0.05, 0.1) is 12.8 Å². The Morgan fingerprint density at radius 2 is 2.16 bits per heavy atom. The summed E-state index contributed by atoms with van der Waals surface area (Å²) < 4.78 is 4.68. The molecule has 0 fully saturated rings. The van der Waals surface area contributed by atoms with Gasteiger partial charge in [0.25, 0.3) is 5.91 Å². The zero-order valence-corrected chi connectivity index (χ0v) is 11.6. The van der Waals surface area contributed by atoms with E-state index in [4.69, 9.17) is 0 Å². The molecule has 0 saturated heterocycles. The number of anilines is 1. The maximum Gasteiger partial charge on any atom is 0.350 e. The quantitative estimate of drug-likeness (QED) is 0.843. The Morgan fingerprint density at radius 3 is 2.74 bits per heavy atom. The minimum atomic E-state index is -0.466. The van der Waals surface area contributed by atoms with Crippen LogP contribution in [0.3, 0.4) is 0 Å². The number of thiophene rings is 1. The summed E-state index contributed by atoms with van der Waals surface area (Å²) in [6, 6.07) is 1.63. The number of aromatic amines is 1. The van der Waals surface area contributed by atoms with Crippen molar-refractivity contribution in [3.8, 4) is 0 Å². The number of methoxy groups -OCH3 is 1. The van der Waals surface area contributed by atoms with Crippen LogP contribution >= 0.6 is 11.3 Å². The largest absolute Gasteiger partial charge is 0.465 e. The summed E-state index contributed by atoms with van der Waals surface area (Å²) in [7, 11) is 1.31. The van der Waals surface area contributed by atoms with Crippen LogP contribution in [0.2, 0.25) is 0 Å². The van der Waals surface area contributed by atoms with E-state index in [-0.39, 0.29) is 11.6 Å². The van der Waals surface area contributed by atoms with Gasteiger partial charge in [0.1, 0.15) is 4.88 Å². The topological polar surface area (TPSA) is 84.1 Å². The van der Waals surface area contributed by atoms with Gasteiger partial charge in [0, 0.05) is 5.69 Å². The zero-order valence-electron chi connectivity index (χ0n) is 10.7. The Bertz CT molecular complexity index is 630. The normalized spacial score (nSPS) is 10.3. The molecule has 0 radical (unpaired) electrons. The van der Waals surface area contributed by atoms with Crippen LogP contribution in [0.4, 0.5) is 5.69 Å². The summed E-state index contributed by atoms with van der Waals surface area (Å²) in [6.45, 7) is 3.62. The van der Waals surface area contributed by atoms with Gasteiger partial charge in [0.15, 0.2) is 5.69 Å². The molecule has 2 aromatic rings. The van der Waals surface area contributed by atoms with Crippen molar-refractivity contribution in [2.75, 3.05) is 12.4 Å². The summed E-state index contributed by atoms with van der Waals surface area (Å²) >= 11 is 1.23. The number of rotatable bonds is 3. The summed E-state index contributed by atoms with van der Waals surface area (Å²) in [4.78, 5) is 24.0. The highest BCUT2D eigenvalue weighted by atomic mass is 32.1. The third-order valence-electron chi connectivity index (χ3n) is 2.52. The highest BCUT2D eigenvalue weighted by Crippen LogP contribution is 2.28. The number of H-pyrrole nitrogens is 1. The van der Waals surface area contributed by atoms with E-state index in [9.17, 15) is 9.59 Å². The number of amides is 1. The van der Waals surface area contributed by atoms with Crippen molar-refractivity contribution in [3.05, 3.63) is 33.3 Å². The molecule has 0 aromatic carbocycles. The number of carbonyl (C=O) groups is 2. The highest BCUT2D eigenvalue weighted by molar-refractivity contribution is 7.12. The minimum absolute atomic E-state index is 0.277. The van der Waals surface area contributed by atoms with E-state index in [1.807, 2.05) is 6.92 Å². The van der Waals surface area contributed by atoms with Crippen LogP contribution in [0.25, 0.3) is 0 Å². The van der Waals surface area contributed by atoms with Gasteiger partial charge < -0.3 is 10.1 Å². The fourth-order valence-corrected chi connectivity index (χ4v) is 2.48. The van der Waals surface area contributed by atoms with Crippen molar-refractivity contribution in [2.45, 2.75) is 13.8 Å². The predicted octanol–water partition coefficient (Wildman–Crippen LogP) is 2.13. The van der Waals surface area contributed by atoms with Gasteiger partial charge in [-0.15, -0.1) is 11.3 Å². The molecule has 0 aliphatic rings. The Labute approximate surface area is 113 Å². The number of ether oxygens (including phenoxy) is 1. The first kappa shape index (κ1) is 13.3. The molecule has 0 atom stereocenters. The Hall–Kier alpha value is -2.15. The third-order valence-corrected chi connectivity index (χ3v) is 3.60. The van der Waals surface area contributed by atoms with Crippen LogP contribution in [0, 0.1) is 13.8 Å². The van der Waals surface area contributed by atoms with Crippen LogP contribution in [0.5, 0.6) is 0 Å². The molecular weight excluding hydrogens is 266 g/mol. The SMILES string of the molecule is COC(=O)c1scc(C)c1NC(=O)c1cc(C)[nH]n1. The second kappa shape index (κ2) is 5.23. The number of nitrogens with one attached hydrogen (secondary N) is 2. The van der Waals surface area contributed by atoms with Gasteiger partial charge in [-0.3, -0.25) is 9.89 Å². The molecule has 2 aromatic heterocycles. The molecule has 7 heteroatoms. The summed E-state index contributed by atoms with van der Waals surface area (Å²) in [5.41, 5.74) is 2.35. The molecule has 2 N–H and O–H groups in total. The number of aromatic nitrogens is 2. The number of hydrogen-bond donors (Lipinski definition) is 2. The molecule has 2 heterocycles. The Balaban J connectivity index is 2.26. The molecule has 0 bridgehead atoms. The first-order valence-electron chi connectivity index (χ1n) is 5.52. The van der Waals surface area contributed by atoms with E-state index < -0.39 is 5.97 Å². The molecule has 0 unspecified atom stereocenters.